The minimum Gasteiger partial charge on any atom is -0.394 e. The lowest BCUT2D eigenvalue weighted by Crippen LogP contribution is -2.17. The summed E-state index contributed by atoms with van der Waals surface area (Å²) in [7, 11) is 0. The van der Waals surface area contributed by atoms with Gasteiger partial charge < -0.3 is 9.52 Å². The fraction of sp³-hybridized carbons (Fsp3) is 0.200. The zero-order valence-corrected chi connectivity index (χ0v) is 9.02. The Kier molecular flexibility index (Phi) is 3.07. The molecule has 2 rings (SSSR count). The minimum atomic E-state index is -0.584. The molecular weight excluding hydrogens is 232 g/mol. The minimum absolute atomic E-state index is 0.121. The summed E-state index contributed by atoms with van der Waals surface area (Å²) in [5.74, 6) is -0.367. The molecule has 1 aromatic heterocycles. The number of hydrogen-bond donors (Lipinski definition) is 1. The van der Waals surface area contributed by atoms with Gasteiger partial charge in [0.25, 0.3) is 0 Å². The molecule has 0 saturated heterocycles. The Morgan fingerprint density at radius 1 is 1.38 bits per heavy atom. The lowest BCUT2D eigenvalue weighted by Gasteiger charge is -1.94. The first-order valence-electron chi connectivity index (χ1n) is 4.65. The standard InChI is InChI=1S/C10H9ClN2O3/c11-8-3-1-7(2-4-8)9-12-13(5-6-14)10(15)16-9/h1-4,14H,5-6H2. The fourth-order valence-electron chi connectivity index (χ4n) is 1.25. The number of aliphatic hydroxyl groups excluding tert-OH is 1. The average molecular weight is 241 g/mol. The first kappa shape index (κ1) is 10.9. The van der Waals surface area contributed by atoms with E-state index in [9.17, 15) is 4.79 Å². The largest absolute Gasteiger partial charge is 0.437 e. The van der Waals surface area contributed by atoms with Crippen LogP contribution in [0.2, 0.25) is 5.02 Å². The van der Waals surface area contributed by atoms with Gasteiger partial charge in [0.15, 0.2) is 0 Å². The Morgan fingerprint density at radius 2 is 2.06 bits per heavy atom. The van der Waals surface area contributed by atoms with Crippen molar-refractivity contribution in [2.45, 2.75) is 6.54 Å². The zero-order chi connectivity index (χ0) is 11.5. The van der Waals surface area contributed by atoms with E-state index in [2.05, 4.69) is 5.10 Å². The van der Waals surface area contributed by atoms with E-state index in [0.717, 1.165) is 4.68 Å². The van der Waals surface area contributed by atoms with Crippen LogP contribution in [0, 0.1) is 0 Å². The summed E-state index contributed by atoms with van der Waals surface area (Å²) in [6.07, 6.45) is 0. The third-order valence-corrected chi connectivity index (χ3v) is 2.26. The summed E-state index contributed by atoms with van der Waals surface area (Å²) in [6.45, 7) is -0.0393. The molecule has 1 heterocycles. The number of hydrogen-bond acceptors (Lipinski definition) is 4. The van der Waals surface area contributed by atoms with Crippen LogP contribution in [0.5, 0.6) is 0 Å². The summed E-state index contributed by atoms with van der Waals surface area (Å²) in [6, 6.07) is 6.78. The molecule has 0 bridgehead atoms. The van der Waals surface area contributed by atoms with Crippen LogP contribution in [-0.4, -0.2) is 21.5 Å². The van der Waals surface area contributed by atoms with E-state index >= 15 is 0 Å². The van der Waals surface area contributed by atoms with Gasteiger partial charge in [-0.1, -0.05) is 11.6 Å². The first-order chi connectivity index (χ1) is 7.70. The van der Waals surface area contributed by atoms with Crippen molar-refractivity contribution in [2.24, 2.45) is 0 Å². The lowest BCUT2D eigenvalue weighted by molar-refractivity contribution is 0.264. The van der Waals surface area contributed by atoms with Crippen molar-refractivity contribution in [3.63, 3.8) is 0 Å². The number of nitrogens with zero attached hydrogens (tertiary/aromatic N) is 2. The van der Waals surface area contributed by atoms with Crippen molar-refractivity contribution in [3.05, 3.63) is 39.8 Å². The van der Waals surface area contributed by atoms with E-state index < -0.39 is 5.76 Å². The molecule has 2 aromatic rings. The third kappa shape index (κ3) is 2.15. The van der Waals surface area contributed by atoms with Gasteiger partial charge in [0.05, 0.1) is 13.2 Å². The van der Waals surface area contributed by atoms with E-state index in [1.54, 1.807) is 24.3 Å². The Morgan fingerprint density at radius 3 is 2.69 bits per heavy atom. The van der Waals surface area contributed by atoms with Crippen LogP contribution in [0.25, 0.3) is 11.5 Å². The number of halogens is 1. The maximum atomic E-state index is 11.3. The number of aliphatic hydroxyl groups is 1. The second-order valence-electron chi connectivity index (χ2n) is 3.13. The van der Waals surface area contributed by atoms with Crippen molar-refractivity contribution in [2.75, 3.05) is 6.61 Å². The molecule has 0 fully saturated rings. The predicted molar refractivity (Wildman–Crippen MR) is 58.3 cm³/mol. The molecule has 84 valence electrons. The molecule has 0 amide bonds. The quantitative estimate of drug-likeness (QED) is 0.874. The van der Waals surface area contributed by atoms with Gasteiger partial charge in [0.2, 0.25) is 5.89 Å². The molecular formula is C10H9ClN2O3. The van der Waals surface area contributed by atoms with Crippen molar-refractivity contribution >= 4 is 11.6 Å². The molecule has 0 aliphatic heterocycles. The second-order valence-corrected chi connectivity index (χ2v) is 3.56. The van der Waals surface area contributed by atoms with Crippen LogP contribution in [-0.2, 0) is 6.54 Å². The molecule has 0 aliphatic rings. The van der Waals surface area contributed by atoms with E-state index in [-0.39, 0.29) is 19.0 Å². The summed E-state index contributed by atoms with van der Waals surface area (Å²) in [5.41, 5.74) is 0.665. The highest BCUT2D eigenvalue weighted by atomic mass is 35.5. The zero-order valence-electron chi connectivity index (χ0n) is 8.26. The Hall–Kier alpha value is -1.59. The van der Waals surface area contributed by atoms with Gasteiger partial charge in [0, 0.05) is 10.6 Å². The van der Waals surface area contributed by atoms with Gasteiger partial charge >= 0.3 is 5.76 Å². The van der Waals surface area contributed by atoms with Crippen LogP contribution in [0.4, 0.5) is 0 Å². The number of aromatic nitrogens is 2. The highest BCUT2D eigenvalue weighted by Gasteiger charge is 2.09. The molecule has 0 unspecified atom stereocenters. The van der Waals surface area contributed by atoms with Gasteiger partial charge in [-0.05, 0) is 24.3 Å². The van der Waals surface area contributed by atoms with Gasteiger partial charge in [-0.2, -0.15) is 4.68 Å². The predicted octanol–water partition coefficient (Wildman–Crippen LogP) is 1.15. The van der Waals surface area contributed by atoms with E-state index in [4.69, 9.17) is 21.1 Å². The Labute approximate surface area is 95.9 Å². The molecule has 6 heteroatoms. The van der Waals surface area contributed by atoms with Crippen molar-refractivity contribution < 1.29 is 9.52 Å². The monoisotopic (exact) mass is 240 g/mol. The molecule has 5 nitrogen and oxygen atoms in total. The molecule has 0 aliphatic carbocycles. The summed E-state index contributed by atoms with van der Waals surface area (Å²) in [5, 5.41) is 13.2. The van der Waals surface area contributed by atoms with Crippen molar-refractivity contribution in [3.8, 4) is 11.5 Å². The van der Waals surface area contributed by atoms with Crippen LogP contribution < -0.4 is 5.76 Å². The SMILES string of the molecule is O=c1oc(-c2ccc(Cl)cc2)nn1CCO. The van der Waals surface area contributed by atoms with Gasteiger partial charge in [-0.25, -0.2) is 4.79 Å². The van der Waals surface area contributed by atoms with Crippen LogP contribution in [0.15, 0.2) is 33.5 Å². The smallest absolute Gasteiger partial charge is 0.394 e. The lowest BCUT2D eigenvalue weighted by atomic mass is 10.2. The molecule has 0 radical (unpaired) electrons. The molecule has 0 atom stereocenters. The Balaban J connectivity index is 2.37. The number of rotatable bonds is 3. The summed E-state index contributed by atoms with van der Waals surface area (Å²) < 4.78 is 6.01. The average Bonchev–Trinajstić information content (AvgIpc) is 2.62. The highest BCUT2D eigenvalue weighted by molar-refractivity contribution is 6.30. The van der Waals surface area contributed by atoms with Crippen LogP contribution >= 0.6 is 11.6 Å². The van der Waals surface area contributed by atoms with Crippen molar-refractivity contribution in [1.29, 1.82) is 0 Å². The van der Waals surface area contributed by atoms with E-state index in [0.29, 0.717) is 10.6 Å². The van der Waals surface area contributed by atoms with Crippen LogP contribution in [0.3, 0.4) is 0 Å². The third-order valence-electron chi connectivity index (χ3n) is 2.01. The van der Waals surface area contributed by atoms with Gasteiger partial charge in [-0.3, -0.25) is 0 Å². The highest BCUT2D eigenvalue weighted by Crippen LogP contribution is 2.18. The molecule has 0 saturated carbocycles. The van der Waals surface area contributed by atoms with E-state index in [1.807, 2.05) is 0 Å². The number of benzene rings is 1. The normalized spacial score (nSPS) is 10.6. The summed E-state index contributed by atoms with van der Waals surface area (Å²) >= 11 is 5.73. The fourth-order valence-corrected chi connectivity index (χ4v) is 1.38. The van der Waals surface area contributed by atoms with Gasteiger partial charge in [-0.15, -0.1) is 5.10 Å². The van der Waals surface area contributed by atoms with Crippen LogP contribution in [0.1, 0.15) is 0 Å². The molecule has 0 spiro atoms. The first-order valence-corrected chi connectivity index (χ1v) is 5.03. The van der Waals surface area contributed by atoms with Crippen molar-refractivity contribution in [1.82, 2.24) is 9.78 Å². The molecule has 16 heavy (non-hydrogen) atoms. The molecule has 1 aromatic carbocycles. The second kappa shape index (κ2) is 4.51. The maximum Gasteiger partial charge on any atom is 0.437 e. The Bertz CT molecular complexity index is 530. The topological polar surface area (TPSA) is 68.3 Å². The maximum absolute atomic E-state index is 11.3. The van der Waals surface area contributed by atoms with E-state index in [1.165, 1.54) is 0 Å². The summed E-state index contributed by atoms with van der Waals surface area (Å²) in [4.78, 5) is 11.3. The molecule has 1 N–H and O–H groups in total. The van der Waals surface area contributed by atoms with Gasteiger partial charge in [0.1, 0.15) is 0 Å².